The summed E-state index contributed by atoms with van der Waals surface area (Å²) in [6.45, 7) is 2.08. The summed E-state index contributed by atoms with van der Waals surface area (Å²) in [4.78, 5) is 0. The second-order valence-electron chi connectivity index (χ2n) is 16.1. The molecule has 7 rings (SSSR count). The molecule has 0 heterocycles. The average Bonchev–Trinajstić information content (AvgIpc) is 3.34. The van der Waals surface area contributed by atoms with Gasteiger partial charge in [0.15, 0.2) is 0 Å². The molecular formula is C55H74N9O2P2Yb. The minimum Gasteiger partial charge on any atom is -0.658 e. The number of rotatable bonds is 12. The van der Waals surface area contributed by atoms with Crippen LogP contribution in [0.25, 0.3) is 16.0 Å². The predicted octanol–water partition coefficient (Wildman–Crippen LogP) is 15.6. The maximum absolute atomic E-state index is 12.1. The largest absolute Gasteiger partial charge is 3.00 e. The third-order valence-electron chi connectivity index (χ3n) is 9.38. The number of nitrogens with zero attached hydrogens (tertiary/aromatic N) is 9. The van der Waals surface area contributed by atoms with Crippen LogP contribution in [0.4, 0.5) is 34.1 Å². The van der Waals surface area contributed by atoms with Gasteiger partial charge in [-0.05, 0) is 91.5 Å². The quantitative estimate of drug-likeness (QED) is 0.112. The molecule has 69 heavy (non-hydrogen) atoms. The zero-order valence-corrected chi connectivity index (χ0v) is 46.2. The Bertz CT molecular complexity index is 2020. The number of hydrogen-bond donors (Lipinski definition) is 0. The van der Waals surface area contributed by atoms with E-state index in [1.807, 2.05) is 285 Å². The molecule has 0 amide bonds. The van der Waals surface area contributed by atoms with E-state index in [4.69, 9.17) is 0 Å². The Balaban J connectivity index is 0.000000417. The zero-order chi connectivity index (χ0) is 50.4. The molecule has 7 aromatic rings. The van der Waals surface area contributed by atoms with E-state index in [-0.39, 0.29) is 46.9 Å². The molecule has 0 aliphatic rings. The smallest absolute Gasteiger partial charge is 0.658 e. The fraction of sp³-hybridized carbons (Fsp3) is 0.236. The van der Waals surface area contributed by atoms with E-state index in [0.29, 0.717) is 0 Å². The van der Waals surface area contributed by atoms with Crippen LogP contribution in [-0.2, 0) is 9.13 Å². The van der Waals surface area contributed by atoms with Gasteiger partial charge in [-0.25, -0.2) is 28.0 Å². The van der Waals surface area contributed by atoms with E-state index in [1.165, 1.54) is 5.56 Å². The molecule has 375 valence electrons. The molecule has 0 bridgehead atoms. The summed E-state index contributed by atoms with van der Waals surface area (Å²) in [7, 11) is 17.0. The van der Waals surface area contributed by atoms with Crippen molar-refractivity contribution in [2.45, 2.75) is 6.92 Å². The van der Waals surface area contributed by atoms with E-state index >= 15 is 0 Å². The van der Waals surface area contributed by atoms with Crippen LogP contribution in [0, 0.1) is 53.8 Å². The summed E-state index contributed by atoms with van der Waals surface area (Å²) >= 11 is 0. The minimum absolute atomic E-state index is 0. The van der Waals surface area contributed by atoms with E-state index in [9.17, 15) is 9.13 Å². The van der Waals surface area contributed by atoms with Crippen molar-refractivity contribution in [3.63, 3.8) is 0 Å². The summed E-state index contributed by atoms with van der Waals surface area (Å²) < 4.78 is 34.6. The molecular weight excluding hydrogens is 1050 g/mol. The van der Waals surface area contributed by atoms with Crippen LogP contribution in [0.2, 0.25) is 0 Å². The van der Waals surface area contributed by atoms with Gasteiger partial charge in [0, 0.05) is 0 Å². The third-order valence-corrected chi connectivity index (χ3v) is 15.6. The first-order valence-electron chi connectivity index (χ1n) is 22.1. The Morgan fingerprint density at radius 1 is 0.261 bits per heavy atom. The third kappa shape index (κ3) is 24.4. The van der Waals surface area contributed by atoms with Crippen molar-refractivity contribution in [3.8, 4) is 0 Å². The maximum atomic E-state index is 12.1. The molecule has 0 saturated carbocycles. The number of benzene rings is 7. The van der Waals surface area contributed by atoms with E-state index in [2.05, 4.69) is 35.0 Å². The Hall–Kier alpha value is -4.32. The molecule has 0 N–H and O–H groups in total. The van der Waals surface area contributed by atoms with Gasteiger partial charge < -0.3 is 16.0 Å². The normalized spacial score (nSPS) is 10.6. The monoisotopic (exact) mass is 1130 g/mol. The Morgan fingerprint density at radius 2 is 0.391 bits per heavy atom. The van der Waals surface area contributed by atoms with Crippen molar-refractivity contribution in [1.29, 1.82) is 0 Å². The summed E-state index contributed by atoms with van der Waals surface area (Å²) in [6, 6.07) is 70.0. The molecule has 7 aromatic carbocycles. The van der Waals surface area contributed by atoms with Crippen molar-refractivity contribution in [2.24, 2.45) is 0 Å². The predicted molar refractivity (Wildman–Crippen MR) is 295 cm³/mol. The van der Waals surface area contributed by atoms with E-state index in [0.717, 1.165) is 34.1 Å². The van der Waals surface area contributed by atoms with Gasteiger partial charge in [0.2, 0.25) is 0 Å². The molecule has 0 spiro atoms. The standard InChI is InChI=1S/3C12H10N.C7H8.2C6H18N3OP.Yb/c3*1-3-7-11(8-4-1)13-12-9-5-2-6-10-12;1-7-5-3-2-4-6-7;2*1-7(2)11(10,8(3)4)9(5)6;/h3*1-10H;2-6H,1H3;2*1-6H3;/q3*-1;;;;+3. The molecule has 1 radical (unpaired) electrons. The SMILES string of the molecule is CN(C)P(=O)(N(C)C)N(C)C.CN(C)P(=O)(N(C)C)N(C)C.Cc1ccccc1.[Yb+3].c1ccc([N-]c2ccccc2)cc1.c1ccc([N-]c2ccccc2)cc1.c1ccc([N-]c2ccccc2)cc1. The molecule has 0 aliphatic carbocycles. The van der Waals surface area contributed by atoms with Gasteiger partial charge in [0.1, 0.15) is 0 Å². The summed E-state index contributed by atoms with van der Waals surface area (Å²) in [5.41, 5.74) is 7.29. The van der Waals surface area contributed by atoms with Crippen LogP contribution < -0.4 is 0 Å². The van der Waals surface area contributed by atoms with Crippen LogP contribution in [0.5, 0.6) is 0 Å². The van der Waals surface area contributed by atoms with Gasteiger partial charge in [0.05, 0.1) is 0 Å². The Labute approximate surface area is 454 Å². The summed E-state index contributed by atoms with van der Waals surface area (Å²) in [5.74, 6) is 0. The van der Waals surface area contributed by atoms with Crippen molar-refractivity contribution in [2.75, 3.05) is 84.6 Å². The van der Waals surface area contributed by atoms with Gasteiger partial charge in [-0.3, -0.25) is 9.13 Å². The second-order valence-corrected chi connectivity index (χ2v) is 23.0. The van der Waals surface area contributed by atoms with Crippen LogP contribution in [0.3, 0.4) is 0 Å². The molecule has 0 aromatic heterocycles. The first-order chi connectivity index (χ1) is 32.4. The fourth-order valence-electron chi connectivity index (χ4n) is 6.14. The molecule has 14 heteroatoms. The van der Waals surface area contributed by atoms with Crippen molar-refractivity contribution in [3.05, 3.63) is 234 Å². The number of aryl methyl sites for hydroxylation is 1. The summed E-state index contributed by atoms with van der Waals surface area (Å²) in [5, 5.41) is 13.3. The van der Waals surface area contributed by atoms with Gasteiger partial charge >= 0.3 is 46.9 Å². The minimum atomic E-state index is -2.44. The summed E-state index contributed by atoms with van der Waals surface area (Å²) in [6.07, 6.45) is 0. The Kier molecular flexibility index (Phi) is 31.7. The van der Waals surface area contributed by atoms with Crippen LogP contribution in [-0.4, -0.2) is 113 Å². The van der Waals surface area contributed by atoms with Gasteiger partial charge in [-0.15, -0.1) is 34.1 Å². The topological polar surface area (TPSA) is 95.9 Å². The van der Waals surface area contributed by atoms with Crippen molar-refractivity contribution in [1.82, 2.24) is 28.0 Å². The van der Waals surface area contributed by atoms with Crippen molar-refractivity contribution >= 4 is 49.3 Å². The molecule has 0 atom stereocenters. The fourth-order valence-corrected chi connectivity index (χ4v) is 10.4. The molecule has 11 nitrogen and oxygen atoms in total. The zero-order valence-electron chi connectivity index (χ0n) is 42.7. The van der Waals surface area contributed by atoms with E-state index in [1.54, 1.807) is 28.0 Å². The van der Waals surface area contributed by atoms with Gasteiger partial charge in [-0.1, -0.05) is 218 Å². The van der Waals surface area contributed by atoms with Gasteiger partial charge in [0.25, 0.3) is 15.2 Å². The van der Waals surface area contributed by atoms with Crippen LogP contribution >= 0.6 is 15.2 Å². The van der Waals surface area contributed by atoms with Crippen molar-refractivity contribution < 1.29 is 56.1 Å². The van der Waals surface area contributed by atoms with Crippen LogP contribution in [0.1, 0.15) is 5.56 Å². The molecule has 0 aliphatic heterocycles. The van der Waals surface area contributed by atoms with Gasteiger partial charge in [-0.2, -0.15) is 0 Å². The molecule has 0 saturated heterocycles. The molecule has 0 unspecified atom stereocenters. The number of hydrogen-bond acceptors (Lipinski definition) is 2. The maximum Gasteiger partial charge on any atom is 3.00 e. The van der Waals surface area contributed by atoms with E-state index < -0.39 is 15.2 Å². The second kappa shape index (κ2) is 34.9. The van der Waals surface area contributed by atoms with Crippen LogP contribution in [0.15, 0.2) is 212 Å². The average molecular weight is 1130 g/mol. The first kappa shape index (κ1) is 62.7. The first-order valence-corrected chi connectivity index (χ1v) is 25.3. The Morgan fingerprint density at radius 3 is 0.478 bits per heavy atom. The number of para-hydroxylation sites is 6. The molecule has 0 fully saturated rings.